The fourth-order valence-electron chi connectivity index (χ4n) is 5.66. The van der Waals surface area contributed by atoms with Gasteiger partial charge in [0.2, 0.25) is 11.8 Å². The number of benzene rings is 1. The highest BCUT2D eigenvalue weighted by Crippen LogP contribution is 2.44. The lowest BCUT2D eigenvalue weighted by Crippen LogP contribution is -2.41. The lowest BCUT2D eigenvalue weighted by Gasteiger charge is -2.26. The molecule has 3 aliphatic rings. The standard InChI is InChI=1S/C30H32F2N2O3S/c1-2-16-30(31,32)29-34-25(27(38-29)19-6-4-3-5-7-19)22-12-14-23-21(17-22)11-9-18(26(23)36)8-10-20-13-15-24(35)33-28(20)37/h3-4,6,12,14,17-18,20H,2,5,7-11,13,15-16H2,1H3,(H,33,35,37). The molecule has 1 fully saturated rings. The van der Waals surface area contributed by atoms with E-state index in [1.807, 2.05) is 30.4 Å². The van der Waals surface area contributed by atoms with E-state index in [0.717, 1.165) is 45.8 Å². The number of ketones is 1. The first-order valence-electron chi connectivity index (χ1n) is 13.5. The number of halogens is 2. The fraction of sp³-hybridized carbons (Fsp3) is 0.467. The van der Waals surface area contributed by atoms with Gasteiger partial charge in [-0.1, -0.05) is 37.3 Å². The molecule has 0 spiro atoms. The highest BCUT2D eigenvalue weighted by atomic mass is 32.1. The molecule has 2 unspecified atom stereocenters. The number of nitrogens with one attached hydrogen (secondary N) is 1. The molecule has 200 valence electrons. The Hall–Kier alpha value is -3.00. The first-order chi connectivity index (χ1) is 18.3. The normalized spacial score (nSPS) is 21.8. The summed E-state index contributed by atoms with van der Waals surface area (Å²) in [5.74, 6) is -3.76. The number of alkyl halides is 2. The maximum absolute atomic E-state index is 14.9. The van der Waals surface area contributed by atoms with Crippen LogP contribution in [-0.4, -0.2) is 22.6 Å². The van der Waals surface area contributed by atoms with Crippen molar-refractivity contribution in [3.63, 3.8) is 0 Å². The second-order valence-electron chi connectivity index (χ2n) is 10.5. The van der Waals surface area contributed by atoms with Crippen LogP contribution in [0.2, 0.25) is 0 Å². The average molecular weight is 539 g/mol. The molecule has 1 N–H and O–H groups in total. The molecule has 5 nitrogen and oxygen atoms in total. The maximum atomic E-state index is 14.9. The molecule has 1 aromatic carbocycles. The number of carbonyl (C=O) groups is 3. The van der Waals surface area contributed by atoms with E-state index in [1.165, 1.54) is 0 Å². The van der Waals surface area contributed by atoms with Gasteiger partial charge in [0.05, 0.1) is 10.6 Å². The van der Waals surface area contributed by atoms with Crippen molar-refractivity contribution in [2.45, 2.75) is 77.1 Å². The van der Waals surface area contributed by atoms with E-state index < -0.39 is 5.92 Å². The third kappa shape index (κ3) is 5.41. The van der Waals surface area contributed by atoms with Crippen LogP contribution in [0.25, 0.3) is 16.8 Å². The van der Waals surface area contributed by atoms with Gasteiger partial charge in [-0.2, -0.15) is 8.78 Å². The van der Waals surface area contributed by atoms with E-state index in [2.05, 4.69) is 16.4 Å². The van der Waals surface area contributed by atoms with Gasteiger partial charge in [-0.3, -0.25) is 19.7 Å². The molecule has 2 atom stereocenters. The number of piperidine rings is 1. The number of hydrogen-bond donors (Lipinski definition) is 1. The van der Waals surface area contributed by atoms with Crippen molar-refractivity contribution in [2.75, 3.05) is 0 Å². The van der Waals surface area contributed by atoms with Crippen LogP contribution in [0, 0.1) is 11.8 Å². The van der Waals surface area contributed by atoms with Crippen molar-refractivity contribution in [1.29, 1.82) is 0 Å². The minimum absolute atomic E-state index is 0.0684. The smallest absolute Gasteiger partial charge is 0.296 e. The molecule has 0 saturated carbocycles. The highest BCUT2D eigenvalue weighted by Gasteiger charge is 2.36. The quantitative estimate of drug-likeness (QED) is 0.367. The second-order valence-corrected chi connectivity index (χ2v) is 11.5. The van der Waals surface area contributed by atoms with Crippen LogP contribution in [0.15, 0.2) is 36.4 Å². The minimum atomic E-state index is -2.97. The molecule has 38 heavy (non-hydrogen) atoms. The van der Waals surface area contributed by atoms with Crippen molar-refractivity contribution in [3.8, 4) is 11.3 Å². The Morgan fingerprint density at radius 3 is 2.61 bits per heavy atom. The molecule has 2 aliphatic carbocycles. The number of amides is 2. The summed E-state index contributed by atoms with van der Waals surface area (Å²) in [6.07, 6.45) is 11.3. The Morgan fingerprint density at radius 2 is 1.87 bits per heavy atom. The van der Waals surface area contributed by atoms with Crippen LogP contribution in [0.4, 0.5) is 8.78 Å². The SMILES string of the molecule is CCCC(F)(F)c1nc(-c2ccc3c(c2)CCC(CCC2CCC(=O)NC2=O)C3=O)c(C2=CC=CCC2)s1. The van der Waals surface area contributed by atoms with Crippen molar-refractivity contribution in [3.05, 3.63) is 57.4 Å². The van der Waals surface area contributed by atoms with Gasteiger partial charge in [0.15, 0.2) is 10.8 Å². The van der Waals surface area contributed by atoms with E-state index in [-0.39, 0.29) is 40.9 Å². The van der Waals surface area contributed by atoms with E-state index in [0.29, 0.717) is 56.2 Å². The van der Waals surface area contributed by atoms with Crippen molar-refractivity contribution in [2.24, 2.45) is 11.8 Å². The number of fused-ring (bicyclic) bond motifs is 1. The van der Waals surface area contributed by atoms with Gasteiger partial charge in [-0.25, -0.2) is 4.98 Å². The van der Waals surface area contributed by atoms with Crippen molar-refractivity contribution >= 4 is 34.5 Å². The van der Waals surface area contributed by atoms with Gasteiger partial charge in [0, 0.05) is 35.8 Å². The first-order valence-corrected chi connectivity index (χ1v) is 14.3. The summed E-state index contributed by atoms with van der Waals surface area (Å²) < 4.78 is 29.8. The average Bonchev–Trinajstić information content (AvgIpc) is 3.36. The molecule has 5 rings (SSSR count). The molecular formula is C30H32F2N2O3S. The summed E-state index contributed by atoms with van der Waals surface area (Å²) >= 11 is 1.08. The zero-order valence-electron chi connectivity index (χ0n) is 21.5. The van der Waals surface area contributed by atoms with Crippen LogP contribution in [0.5, 0.6) is 0 Å². The van der Waals surface area contributed by atoms with Crippen LogP contribution in [0.1, 0.15) is 90.5 Å². The summed E-state index contributed by atoms with van der Waals surface area (Å²) in [4.78, 5) is 42.1. The zero-order valence-corrected chi connectivity index (χ0v) is 22.3. The van der Waals surface area contributed by atoms with E-state index in [4.69, 9.17) is 0 Å². The van der Waals surface area contributed by atoms with Crippen LogP contribution < -0.4 is 5.32 Å². The van der Waals surface area contributed by atoms with Gasteiger partial charge < -0.3 is 0 Å². The summed E-state index contributed by atoms with van der Waals surface area (Å²) in [5, 5.41) is 2.24. The summed E-state index contributed by atoms with van der Waals surface area (Å²) in [6, 6.07) is 5.59. The van der Waals surface area contributed by atoms with Gasteiger partial charge >= 0.3 is 0 Å². The van der Waals surface area contributed by atoms with Crippen LogP contribution in [-0.2, 0) is 21.9 Å². The topological polar surface area (TPSA) is 76.1 Å². The van der Waals surface area contributed by atoms with Crippen LogP contribution in [0.3, 0.4) is 0 Å². The van der Waals surface area contributed by atoms with Crippen LogP contribution >= 0.6 is 11.3 Å². The summed E-state index contributed by atoms with van der Waals surface area (Å²) in [7, 11) is 0. The second kappa shape index (κ2) is 11.0. The molecular weight excluding hydrogens is 506 g/mol. The summed E-state index contributed by atoms with van der Waals surface area (Å²) in [5.41, 5.74) is 3.93. The van der Waals surface area contributed by atoms with Gasteiger partial charge in [-0.05, 0) is 68.6 Å². The Balaban J connectivity index is 1.39. The predicted molar refractivity (Wildman–Crippen MR) is 144 cm³/mol. The van der Waals surface area contributed by atoms with Crippen molar-refractivity contribution in [1.82, 2.24) is 10.3 Å². The molecule has 2 heterocycles. The fourth-order valence-corrected chi connectivity index (χ4v) is 6.81. The van der Waals surface area contributed by atoms with Gasteiger partial charge in [0.25, 0.3) is 5.92 Å². The number of hydrogen-bond acceptors (Lipinski definition) is 5. The number of imide groups is 1. The maximum Gasteiger partial charge on any atom is 0.298 e. The third-order valence-electron chi connectivity index (χ3n) is 7.80. The largest absolute Gasteiger partial charge is 0.298 e. The Bertz CT molecular complexity index is 1330. The van der Waals surface area contributed by atoms with E-state index >= 15 is 0 Å². The highest BCUT2D eigenvalue weighted by molar-refractivity contribution is 7.13. The number of allylic oxidation sites excluding steroid dienone is 4. The van der Waals surface area contributed by atoms with E-state index in [1.54, 1.807) is 6.92 Å². The molecule has 8 heteroatoms. The molecule has 2 amide bonds. The molecule has 0 radical (unpaired) electrons. The summed E-state index contributed by atoms with van der Waals surface area (Å²) in [6.45, 7) is 1.75. The Morgan fingerprint density at radius 1 is 1.08 bits per heavy atom. The number of nitrogens with zero attached hydrogens (tertiary/aromatic N) is 1. The third-order valence-corrected chi connectivity index (χ3v) is 9.05. The molecule has 2 aromatic rings. The van der Waals surface area contributed by atoms with Crippen molar-refractivity contribution < 1.29 is 23.2 Å². The first kappa shape index (κ1) is 26.6. The lowest BCUT2D eigenvalue weighted by atomic mass is 9.78. The van der Waals surface area contributed by atoms with E-state index in [9.17, 15) is 23.2 Å². The Labute approximate surface area is 225 Å². The number of Topliss-reactive ketones (excluding diaryl/α,β-unsaturated/α-hetero) is 1. The molecule has 0 bridgehead atoms. The number of aryl methyl sites for hydroxylation is 1. The monoisotopic (exact) mass is 538 g/mol. The minimum Gasteiger partial charge on any atom is -0.296 e. The number of aromatic nitrogens is 1. The predicted octanol–water partition coefficient (Wildman–Crippen LogP) is 7.01. The zero-order chi connectivity index (χ0) is 26.9. The molecule has 1 aromatic heterocycles. The number of rotatable bonds is 8. The molecule has 1 aliphatic heterocycles. The lowest BCUT2D eigenvalue weighted by molar-refractivity contribution is -0.136. The Kier molecular flexibility index (Phi) is 7.70. The number of carbonyl (C=O) groups excluding carboxylic acids is 3. The molecule has 1 saturated heterocycles. The van der Waals surface area contributed by atoms with Gasteiger partial charge in [0.1, 0.15) is 0 Å². The number of thiazole rings is 1. The van der Waals surface area contributed by atoms with Gasteiger partial charge in [-0.15, -0.1) is 11.3 Å².